The molecule has 0 saturated heterocycles. The van der Waals surface area contributed by atoms with Crippen LogP contribution in [0, 0.1) is 0 Å². The molecule has 2 aliphatic rings. The largest absolute Gasteiger partial charge is 0.240 e. The SMILES string of the molecule is O=C=Nc1ccccc1Cc1c(N=C=O)ccc(C2CCCCC2)c1C1CCCCC1. The van der Waals surface area contributed by atoms with Gasteiger partial charge in [-0.25, -0.2) is 9.59 Å². The molecule has 4 rings (SSSR count). The molecule has 0 bridgehead atoms. The molecule has 0 N–H and O–H groups in total. The standard InChI is InChI=1S/C27H30N2O2/c30-18-28-25-14-8-7-13-22(25)17-24-26(29-19-31)16-15-23(20-9-3-1-4-10-20)27(24)21-11-5-2-6-12-21/h7-8,13-16,20-21H,1-6,9-12,17H2. The first kappa shape index (κ1) is 21.4. The van der Waals surface area contributed by atoms with Crippen LogP contribution in [0.3, 0.4) is 0 Å². The summed E-state index contributed by atoms with van der Waals surface area (Å²) >= 11 is 0. The highest BCUT2D eigenvalue weighted by atomic mass is 16.1. The van der Waals surface area contributed by atoms with E-state index >= 15 is 0 Å². The maximum absolute atomic E-state index is 11.3. The Balaban J connectivity index is 1.87. The summed E-state index contributed by atoms with van der Waals surface area (Å²) in [5.74, 6) is 1.09. The van der Waals surface area contributed by atoms with Crippen molar-refractivity contribution in [2.45, 2.75) is 82.5 Å². The quantitative estimate of drug-likeness (QED) is 0.367. The topological polar surface area (TPSA) is 58.9 Å². The first-order valence-corrected chi connectivity index (χ1v) is 11.7. The van der Waals surface area contributed by atoms with Crippen molar-refractivity contribution in [3.8, 4) is 0 Å². The number of para-hydroxylation sites is 1. The molecular formula is C27H30N2O2. The molecule has 0 atom stereocenters. The van der Waals surface area contributed by atoms with Crippen molar-refractivity contribution >= 4 is 23.5 Å². The molecule has 2 aromatic carbocycles. The maximum atomic E-state index is 11.3. The minimum atomic E-state index is 0.504. The molecule has 0 aromatic heterocycles. The monoisotopic (exact) mass is 414 g/mol. The zero-order valence-corrected chi connectivity index (χ0v) is 18.1. The Hall–Kier alpha value is -2.80. The number of carbonyl (C=O) groups excluding carboxylic acids is 2. The predicted molar refractivity (Wildman–Crippen MR) is 123 cm³/mol. The second-order valence-corrected chi connectivity index (χ2v) is 8.95. The van der Waals surface area contributed by atoms with Crippen molar-refractivity contribution < 1.29 is 9.59 Å². The lowest BCUT2D eigenvalue weighted by atomic mass is 9.73. The number of hydrogen-bond acceptors (Lipinski definition) is 4. The predicted octanol–water partition coefficient (Wildman–Crippen LogP) is 7.31. The molecule has 0 unspecified atom stereocenters. The van der Waals surface area contributed by atoms with Crippen molar-refractivity contribution in [1.82, 2.24) is 0 Å². The zero-order chi connectivity index (χ0) is 21.5. The average Bonchev–Trinajstić information content (AvgIpc) is 2.82. The van der Waals surface area contributed by atoms with Gasteiger partial charge >= 0.3 is 0 Å². The van der Waals surface area contributed by atoms with Crippen LogP contribution in [0.5, 0.6) is 0 Å². The third kappa shape index (κ3) is 4.93. The van der Waals surface area contributed by atoms with E-state index in [0.29, 0.717) is 29.6 Å². The van der Waals surface area contributed by atoms with Gasteiger partial charge in [-0.05, 0) is 71.9 Å². The van der Waals surface area contributed by atoms with E-state index in [1.165, 1.54) is 75.3 Å². The van der Waals surface area contributed by atoms with Crippen LogP contribution in [-0.2, 0) is 16.0 Å². The van der Waals surface area contributed by atoms with E-state index in [0.717, 1.165) is 11.1 Å². The number of nitrogens with zero attached hydrogens (tertiary/aromatic N) is 2. The van der Waals surface area contributed by atoms with E-state index in [2.05, 4.69) is 16.1 Å². The smallest absolute Gasteiger partial charge is 0.211 e. The first-order chi connectivity index (χ1) is 15.3. The summed E-state index contributed by atoms with van der Waals surface area (Å²) in [6, 6.07) is 11.9. The van der Waals surface area contributed by atoms with Gasteiger partial charge in [0.1, 0.15) is 0 Å². The van der Waals surface area contributed by atoms with E-state index in [-0.39, 0.29) is 0 Å². The van der Waals surface area contributed by atoms with Crippen LogP contribution in [0.25, 0.3) is 0 Å². The van der Waals surface area contributed by atoms with Crippen molar-refractivity contribution in [1.29, 1.82) is 0 Å². The van der Waals surface area contributed by atoms with Gasteiger partial charge in [0.25, 0.3) is 0 Å². The summed E-state index contributed by atoms with van der Waals surface area (Å²) in [4.78, 5) is 30.2. The Kier molecular flexibility index (Phi) is 7.25. The fourth-order valence-electron chi connectivity index (χ4n) is 5.66. The minimum Gasteiger partial charge on any atom is -0.211 e. The summed E-state index contributed by atoms with van der Waals surface area (Å²) in [5, 5.41) is 0. The Labute approximate surface area is 184 Å². The average molecular weight is 415 g/mol. The van der Waals surface area contributed by atoms with Gasteiger partial charge in [-0.3, -0.25) is 0 Å². The van der Waals surface area contributed by atoms with Gasteiger partial charge < -0.3 is 0 Å². The normalized spacial score (nSPS) is 17.5. The van der Waals surface area contributed by atoms with E-state index in [1.54, 1.807) is 12.2 Å². The summed E-state index contributed by atoms with van der Waals surface area (Å²) in [7, 11) is 0. The van der Waals surface area contributed by atoms with Gasteiger partial charge in [0.2, 0.25) is 12.2 Å². The van der Waals surface area contributed by atoms with Gasteiger partial charge in [0.05, 0.1) is 11.4 Å². The van der Waals surface area contributed by atoms with Crippen LogP contribution in [0.15, 0.2) is 46.4 Å². The van der Waals surface area contributed by atoms with Gasteiger partial charge in [0.15, 0.2) is 0 Å². The first-order valence-electron chi connectivity index (χ1n) is 11.7. The highest BCUT2D eigenvalue weighted by Crippen LogP contribution is 2.45. The van der Waals surface area contributed by atoms with Crippen molar-refractivity contribution in [3.05, 3.63) is 58.7 Å². The van der Waals surface area contributed by atoms with Crippen LogP contribution < -0.4 is 0 Å². The fraction of sp³-hybridized carbons (Fsp3) is 0.481. The fourth-order valence-corrected chi connectivity index (χ4v) is 5.66. The Morgan fingerprint density at radius 1 is 0.710 bits per heavy atom. The Morgan fingerprint density at radius 2 is 1.32 bits per heavy atom. The molecule has 0 amide bonds. The molecule has 31 heavy (non-hydrogen) atoms. The Bertz CT molecular complexity index is 1000. The molecule has 0 heterocycles. The van der Waals surface area contributed by atoms with E-state index < -0.39 is 0 Å². The third-order valence-electron chi connectivity index (χ3n) is 7.12. The molecule has 160 valence electrons. The Morgan fingerprint density at radius 3 is 2.00 bits per heavy atom. The highest BCUT2D eigenvalue weighted by Gasteiger charge is 2.28. The van der Waals surface area contributed by atoms with E-state index in [4.69, 9.17) is 0 Å². The summed E-state index contributed by atoms with van der Waals surface area (Å²) in [6.07, 6.45) is 16.6. The summed E-state index contributed by atoms with van der Waals surface area (Å²) in [5.41, 5.74) is 6.30. The van der Waals surface area contributed by atoms with E-state index in [1.807, 2.05) is 30.3 Å². The molecule has 0 radical (unpaired) electrons. The van der Waals surface area contributed by atoms with Crippen molar-refractivity contribution in [3.63, 3.8) is 0 Å². The second-order valence-electron chi connectivity index (χ2n) is 8.95. The van der Waals surface area contributed by atoms with E-state index in [9.17, 15) is 9.59 Å². The summed E-state index contributed by atoms with van der Waals surface area (Å²) < 4.78 is 0. The lowest BCUT2D eigenvalue weighted by Gasteiger charge is -2.32. The molecule has 0 spiro atoms. The number of aliphatic imine (C=N–C) groups is 2. The van der Waals surface area contributed by atoms with Gasteiger partial charge in [-0.2, -0.15) is 9.98 Å². The maximum Gasteiger partial charge on any atom is 0.240 e. The lowest BCUT2D eigenvalue weighted by Crippen LogP contribution is -2.15. The molecule has 4 heteroatoms. The molecule has 2 aliphatic carbocycles. The van der Waals surface area contributed by atoms with Gasteiger partial charge in [0, 0.05) is 6.42 Å². The number of benzene rings is 2. The molecule has 2 aromatic rings. The van der Waals surface area contributed by atoms with Crippen LogP contribution in [-0.4, -0.2) is 12.2 Å². The van der Waals surface area contributed by atoms with Crippen molar-refractivity contribution in [2.75, 3.05) is 0 Å². The lowest BCUT2D eigenvalue weighted by molar-refractivity contribution is 0.417. The minimum absolute atomic E-state index is 0.504. The second kappa shape index (κ2) is 10.5. The van der Waals surface area contributed by atoms with Gasteiger partial charge in [-0.1, -0.05) is 62.8 Å². The molecular weight excluding hydrogens is 384 g/mol. The summed E-state index contributed by atoms with van der Waals surface area (Å²) in [6.45, 7) is 0. The number of rotatable bonds is 6. The van der Waals surface area contributed by atoms with Crippen LogP contribution >= 0.6 is 0 Å². The number of hydrogen-bond donors (Lipinski definition) is 0. The zero-order valence-electron chi connectivity index (χ0n) is 18.1. The molecule has 4 nitrogen and oxygen atoms in total. The molecule has 2 fully saturated rings. The van der Waals surface area contributed by atoms with Crippen LogP contribution in [0.2, 0.25) is 0 Å². The third-order valence-corrected chi connectivity index (χ3v) is 7.12. The van der Waals surface area contributed by atoms with Gasteiger partial charge in [-0.15, -0.1) is 0 Å². The number of isocyanates is 2. The van der Waals surface area contributed by atoms with Crippen molar-refractivity contribution in [2.24, 2.45) is 9.98 Å². The molecule has 2 saturated carbocycles. The van der Waals surface area contributed by atoms with Crippen LogP contribution in [0.1, 0.15) is 98.3 Å². The molecule has 0 aliphatic heterocycles. The highest BCUT2D eigenvalue weighted by molar-refractivity contribution is 5.63. The van der Waals surface area contributed by atoms with Crippen LogP contribution in [0.4, 0.5) is 11.4 Å².